The van der Waals surface area contributed by atoms with Crippen LogP contribution in [-0.2, 0) is 11.2 Å². The molecule has 0 saturated heterocycles. The van der Waals surface area contributed by atoms with Crippen LogP contribution in [0.15, 0.2) is 36.5 Å². The Hall–Kier alpha value is -2.94. The largest absolute Gasteiger partial charge is 0.273 e. The zero-order valence-electron chi connectivity index (χ0n) is 14.2. The molecule has 0 aliphatic carbocycles. The molecule has 0 saturated carbocycles. The number of nitrogens with zero attached hydrogens (tertiary/aromatic N) is 4. The van der Waals surface area contributed by atoms with E-state index >= 15 is 0 Å². The lowest BCUT2D eigenvalue weighted by atomic mass is 10.1. The quantitative estimate of drug-likeness (QED) is 0.825. The van der Waals surface area contributed by atoms with Gasteiger partial charge in [-0.1, -0.05) is 38.1 Å². The number of hydrogen-bond acceptors (Lipinski definition) is 5. The minimum absolute atomic E-state index is 0.0782. The standard InChI is InChI=1S/C18H21N5O/c1-13(2)12-23(17-8-9-20-16(11-19)21-17)22-18(24)10-15-7-5-4-6-14(15)3/h4-9,13H,10,12H2,1-3H3,(H,22,24). The maximum absolute atomic E-state index is 12.4. The van der Waals surface area contributed by atoms with E-state index < -0.39 is 0 Å². The first-order valence-electron chi connectivity index (χ1n) is 7.84. The van der Waals surface area contributed by atoms with E-state index in [9.17, 15) is 4.79 Å². The summed E-state index contributed by atoms with van der Waals surface area (Å²) < 4.78 is 0. The molecular formula is C18H21N5O. The van der Waals surface area contributed by atoms with E-state index in [0.29, 0.717) is 18.3 Å². The number of rotatable bonds is 6. The minimum Gasteiger partial charge on any atom is -0.273 e. The second kappa shape index (κ2) is 8.06. The lowest BCUT2D eigenvalue weighted by Crippen LogP contribution is -2.45. The fourth-order valence-electron chi connectivity index (χ4n) is 2.29. The van der Waals surface area contributed by atoms with Gasteiger partial charge in [-0.2, -0.15) is 10.2 Å². The molecule has 0 bridgehead atoms. The van der Waals surface area contributed by atoms with Gasteiger partial charge in [0, 0.05) is 18.8 Å². The van der Waals surface area contributed by atoms with Gasteiger partial charge in [-0.15, -0.1) is 0 Å². The summed E-state index contributed by atoms with van der Waals surface area (Å²) in [6.07, 6.45) is 1.80. The molecule has 0 atom stereocenters. The van der Waals surface area contributed by atoms with Crippen molar-refractivity contribution < 1.29 is 4.79 Å². The van der Waals surface area contributed by atoms with Crippen LogP contribution in [0.3, 0.4) is 0 Å². The average Bonchev–Trinajstić information content (AvgIpc) is 2.56. The third-order valence-electron chi connectivity index (χ3n) is 3.44. The monoisotopic (exact) mass is 323 g/mol. The maximum Gasteiger partial charge on any atom is 0.242 e. The Morgan fingerprint density at radius 2 is 2.08 bits per heavy atom. The number of aromatic nitrogens is 2. The fourth-order valence-corrected chi connectivity index (χ4v) is 2.29. The Bertz CT molecular complexity index is 751. The second-order valence-electron chi connectivity index (χ2n) is 5.99. The number of carbonyl (C=O) groups excluding carboxylic acids is 1. The summed E-state index contributed by atoms with van der Waals surface area (Å²) in [6.45, 7) is 6.67. The van der Waals surface area contributed by atoms with Gasteiger partial charge < -0.3 is 0 Å². The van der Waals surface area contributed by atoms with Crippen molar-refractivity contribution in [3.05, 3.63) is 53.5 Å². The Balaban J connectivity index is 2.15. The molecule has 1 amide bonds. The highest BCUT2D eigenvalue weighted by molar-refractivity contribution is 5.80. The molecule has 0 fully saturated rings. The minimum atomic E-state index is -0.123. The van der Waals surface area contributed by atoms with Crippen molar-refractivity contribution in [3.8, 4) is 6.07 Å². The molecule has 0 spiro atoms. The first kappa shape index (κ1) is 17.4. The molecule has 6 heteroatoms. The third kappa shape index (κ3) is 4.78. The Morgan fingerprint density at radius 3 is 2.75 bits per heavy atom. The SMILES string of the molecule is Cc1ccccc1CC(=O)NN(CC(C)C)c1ccnc(C#N)n1. The highest BCUT2D eigenvalue weighted by Gasteiger charge is 2.15. The van der Waals surface area contributed by atoms with Gasteiger partial charge >= 0.3 is 0 Å². The molecule has 0 aliphatic heterocycles. The number of anilines is 1. The van der Waals surface area contributed by atoms with Crippen LogP contribution in [-0.4, -0.2) is 22.4 Å². The Labute approximate surface area is 142 Å². The molecule has 2 aromatic rings. The number of carbonyl (C=O) groups is 1. The van der Waals surface area contributed by atoms with Crippen molar-refractivity contribution in [1.82, 2.24) is 15.4 Å². The van der Waals surface area contributed by atoms with Crippen molar-refractivity contribution in [3.63, 3.8) is 0 Å². The number of aryl methyl sites for hydroxylation is 1. The second-order valence-corrected chi connectivity index (χ2v) is 5.99. The number of benzene rings is 1. The van der Waals surface area contributed by atoms with E-state index in [1.165, 1.54) is 6.20 Å². The van der Waals surface area contributed by atoms with Crippen LogP contribution in [0.1, 0.15) is 30.8 Å². The highest BCUT2D eigenvalue weighted by atomic mass is 16.2. The zero-order chi connectivity index (χ0) is 17.5. The molecule has 6 nitrogen and oxygen atoms in total. The van der Waals surface area contributed by atoms with Crippen LogP contribution in [0.5, 0.6) is 0 Å². The number of amides is 1. The predicted molar refractivity (Wildman–Crippen MR) is 92.0 cm³/mol. The summed E-state index contributed by atoms with van der Waals surface area (Å²) in [7, 11) is 0. The van der Waals surface area contributed by atoms with Gasteiger partial charge in [0.05, 0.1) is 6.42 Å². The van der Waals surface area contributed by atoms with Crippen molar-refractivity contribution in [1.29, 1.82) is 5.26 Å². The lowest BCUT2D eigenvalue weighted by Gasteiger charge is -2.26. The summed E-state index contributed by atoms with van der Waals surface area (Å²) in [5.41, 5.74) is 4.95. The normalized spacial score (nSPS) is 10.3. The summed E-state index contributed by atoms with van der Waals surface area (Å²) in [4.78, 5) is 20.5. The van der Waals surface area contributed by atoms with Crippen LogP contribution < -0.4 is 10.4 Å². The van der Waals surface area contributed by atoms with Gasteiger partial charge in [-0.05, 0) is 24.0 Å². The van der Waals surface area contributed by atoms with E-state index in [4.69, 9.17) is 5.26 Å². The summed E-state index contributed by atoms with van der Waals surface area (Å²) >= 11 is 0. The van der Waals surface area contributed by atoms with Crippen molar-refractivity contribution in [2.24, 2.45) is 5.92 Å². The van der Waals surface area contributed by atoms with E-state index in [2.05, 4.69) is 15.4 Å². The van der Waals surface area contributed by atoms with Gasteiger partial charge in [-0.3, -0.25) is 15.2 Å². The molecule has 0 unspecified atom stereocenters. The summed E-state index contributed by atoms with van der Waals surface area (Å²) in [5.74, 6) is 0.772. The molecule has 1 aromatic heterocycles. The Morgan fingerprint density at radius 1 is 1.33 bits per heavy atom. The van der Waals surface area contributed by atoms with Crippen LogP contribution in [0.25, 0.3) is 0 Å². The van der Waals surface area contributed by atoms with Crippen LogP contribution in [0.2, 0.25) is 0 Å². The van der Waals surface area contributed by atoms with Crippen LogP contribution in [0, 0.1) is 24.2 Å². The van der Waals surface area contributed by atoms with E-state index in [1.807, 2.05) is 51.1 Å². The Kier molecular flexibility index (Phi) is 5.85. The first-order chi connectivity index (χ1) is 11.5. The molecule has 1 N–H and O–H groups in total. The predicted octanol–water partition coefficient (Wildman–Crippen LogP) is 2.39. The van der Waals surface area contributed by atoms with Crippen LogP contribution in [0.4, 0.5) is 5.82 Å². The number of hydrazine groups is 1. The maximum atomic E-state index is 12.4. The smallest absolute Gasteiger partial charge is 0.242 e. The average molecular weight is 323 g/mol. The van der Waals surface area contributed by atoms with E-state index in [-0.39, 0.29) is 18.2 Å². The first-order valence-corrected chi connectivity index (χ1v) is 7.84. The van der Waals surface area contributed by atoms with Gasteiger partial charge in [0.1, 0.15) is 6.07 Å². The molecule has 124 valence electrons. The third-order valence-corrected chi connectivity index (χ3v) is 3.44. The molecule has 1 heterocycles. The zero-order valence-corrected chi connectivity index (χ0v) is 14.2. The lowest BCUT2D eigenvalue weighted by molar-refractivity contribution is -0.120. The van der Waals surface area contributed by atoms with Gasteiger partial charge in [-0.25, -0.2) is 4.98 Å². The molecule has 1 aromatic carbocycles. The fraction of sp³-hybridized carbons (Fsp3) is 0.333. The molecule has 2 rings (SSSR count). The highest BCUT2D eigenvalue weighted by Crippen LogP contribution is 2.12. The number of nitrogens with one attached hydrogen (secondary N) is 1. The van der Waals surface area contributed by atoms with Gasteiger partial charge in [0.15, 0.2) is 5.82 Å². The summed E-state index contributed by atoms with van der Waals surface area (Å²) in [5, 5.41) is 10.6. The molecule has 24 heavy (non-hydrogen) atoms. The van der Waals surface area contributed by atoms with Crippen molar-refractivity contribution in [2.45, 2.75) is 27.2 Å². The number of hydrogen-bond donors (Lipinski definition) is 1. The molecule has 0 radical (unpaired) electrons. The van der Waals surface area contributed by atoms with Crippen molar-refractivity contribution >= 4 is 11.7 Å². The van der Waals surface area contributed by atoms with Gasteiger partial charge in [0.2, 0.25) is 11.7 Å². The molecule has 0 aliphatic rings. The van der Waals surface area contributed by atoms with E-state index in [0.717, 1.165) is 11.1 Å². The molecular weight excluding hydrogens is 302 g/mol. The van der Waals surface area contributed by atoms with Crippen molar-refractivity contribution in [2.75, 3.05) is 11.6 Å². The van der Waals surface area contributed by atoms with Crippen LogP contribution >= 0.6 is 0 Å². The summed E-state index contributed by atoms with van der Waals surface area (Å²) in [6, 6.07) is 11.4. The van der Waals surface area contributed by atoms with Gasteiger partial charge in [0.25, 0.3) is 0 Å². The van der Waals surface area contributed by atoms with E-state index in [1.54, 1.807) is 11.1 Å². The number of nitriles is 1. The topological polar surface area (TPSA) is 81.9 Å².